The Kier molecular flexibility index (Phi) is 5.36. The van der Waals surface area contributed by atoms with Gasteiger partial charge in [0, 0.05) is 7.05 Å². The van der Waals surface area contributed by atoms with Crippen LogP contribution in [-0.2, 0) is 9.59 Å². The summed E-state index contributed by atoms with van der Waals surface area (Å²) in [6.07, 6.45) is 0. The zero-order valence-electron chi connectivity index (χ0n) is 11.4. The smallest absolute Gasteiger partial charge is 0.315 e. The number of carbonyl (C=O) groups excluding carboxylic acids is 1. The summed E-state index contributed by atoms with van der Waals surface area (Å²) < 4.78 is 5.56. The van der Waals surface area contributed by atoms with E-state index in [1.54, 1.807) is 7.05 Å². The molecule has 19 heavy (non-hydrogen) atoms. The van der Waals surface area contributed by atoms with Crippen LogP contribution in [0.5, 0.6) is 5.75 Å². The van der Waals surface area contributed by atoms with Crippen molar-refractivity contribution in [3.05, 3.63) is 29.8 Å². The molecule has 0 heterocycles. The SMILES string of the molecule is Cc1ccccc1OCCN(C)C(=O)C(C)C(=O)O. The van der Waals surface area contributed by atoms with Gasteiger partial charge in [0.25, 0.3) is 0 Å². The highest BCUT2D eigenvalue weighted by Crippen LogP contribution is 2.15. The van der Waals surface area contributed by atoms with Crippen molar-refractivity contribution in [3.63, 3.8) is 0 Å². The minimum absolute atomic E-state index is 0.333. The van der Waals surface area contributed by atoms with Crippen LogP contribution >= 0.6 is 0 Å². The molecule has 1 amide bonds. The fourth-order valence-corrected chi connectivity index (χ4v) is 1.56. The minimum atomic E-state index is -1.11. The number of amides is 1. The van der Waals surface area contributed by atoms with Crippen molar-refractivity contribution in [2.75, 3.05) is 20.2 Å². The van der Waals surface area contributed by atoms with E-state index >= 15 is 0 Å². The van der Waals surface area contributed by atoms with Crippen LogP contribution in [0, 0.1) is 12.8 Å². The number of hydrogen-bond acceptors (Lipinski definition) is 3. The van der Waals surface area contributed by atoms with Crippen LogP contribution in [-0.4, -0.2) is 42.1 Å². The number of benzene rings is 1. The van der Waals surface area contributed by atoms with Gasteiger partial charge in [-0.15, -0.1) is 0 Å². The zero-order valence-corrected chi connectivity index (χ0v) is 11.4. The molecule has 1 N–H and O–H groups in total. The van der Waals surface area contributed by atoms with Crippen LogP contribution in [0.1, 0.15) is 12.5 Å². The first kappa shape index (κ1) is 15.0. The highest BCUT2D eigenvalue weighted by atomic mass is 16.5. The van der Waals surface area contributed by atoms with Gasteiger partial charge in [-0.05, 0) is 25.5 Å². The molecule has 0 saturated carbocycles. The Morgan fingerprint density at radius 1 is 1.37 bits per heavy atom. The van der Waals surface area contributed by atoms with Crippen molar-refractivity contribution in [3.8, 4) is 5.75 Å². The predicted octanol–water partition coefficient (Wildman–Crippen LogP) is 1.55. The van der Waals surface area contributed by atoms with Crippen LogP contribution in [0.15, 0.2) is 24.3 Å². The van der Waals surface area contributed by atoms with Crippen LogP contribution in [0.25, 0.3) is 0 Å². The van der Waals surface area contributed by atoms with Gasteiger partial charge in [0.1, 0.15) is 18.3 Å². The van der Waals surface area contributed by atoms with Gasteiger partial charge in [-0.1, -0.05) is 18.2 Å². The van der Waals surface area contributed by atoms with Crippen molar-refractivity contribution >= 4 is 11.9 Å². The number of likely N-dealkylation sites (N-methyl/N-ethyl adjacent to an activating group) is 1. The Hall–Kier alpha value is -2.04. The average Bonchev–Trinajstić information content (AvgIpc) is 2.38. The Balaban J connectivity index is 2.43. The van der Waals surface area contributed by atoms with Gasteiger partial charge in [-0.2, -0.15) is 0 Å². The average molecular weight is 265 g/mol. The Morgan fingerprint density at radius 3 is 2.58 bits per heavy atom. The molecule has 104 valence electrons. The van der Waals surface area contributed by atoms with Gasteiger partial charge in [0.05, 0.1) is 6.54 Å². The summed E-state index contributed by atoms with van der Waals surface area (Å²) in [4.78, 5) is 23.8. The van der Waals surface area contributed by atoms with Crippen molar-refractivity contribution in [1.82, 2.24) is 4.90 Å². The normalized spacial score (nSPS) is 11.7. The lowest BCUT2D eigenvalue weighted by atomic mass is 10.1. The minimum Gasteiger partial charge on any atom is -0.491 e. The molecule has 0 aliphatic heterocycles. The van der Waals surface area contributed by atoms with Gasteiger partial charge in [0.2, 0.25) is 5.91 Å². The molecule has 0 aromatic heterocycles. The summed E-state index contributed by atoms with van der Waals surface area (Å²) in [5.41, 5.74) is 1.02. The van der Waals surface area contributed by atoms with Crippen LogP contribution in [0.4, 0.5) is 0 Å². The van der Waals surface area contributed by atoms with E-state index in [-0.39, 0.29) is 0 Å². The molecule has 0 fully saturated rings. The number of para-hydroxylation sites is 1. The fourth-order valence-electron chi connectivity index (χ4n) is 1.56. The van der Waals surface area contributed by atoms with Crippen LogP contribution in [0.2, 0.25) is 0 Å². The number of hydrogen-bond donors (Lipinski definition) is 1. The quantitative estimate of drug-likeness (QED) is 0.792. The molecule has 0 aliphatic carbocycles. The van der Waals surface area contributed by atoms with Gasteiger partial charge < -0.3 is 14.7 Å². The maximum atomic E-state index is 11.7. The molecular weight excluding hydrogens is 246 g/mol. The van der Waals surface area contributed by atoms with Crippen molar-refractivity contribution in [2.45, 2.75) is 13.8 Å². The van der Waals surface area contributed by atoms with E-state index in [2.05, 4.69) is 0 Å². The second-order valence-corrected chi connectivity index (χ2v) is 4.43. The summed E-state index contributed by atoms with van der Waals surface area (Å²) in [5.74, 6) is -1.78. The first-order valence-corrected chi connectivity index (χ1v) is 6.09. The molecule has 5 heteroatoms. The molecule has 1 aromatic carbocycles. The van der Waals surface area contributed by atoms with Gasteiger partial charge in [-0.3, -0.25) is 9.59 Å². The predicted molar refractivity (Wildman–Crippen MR) is 71.1 cm³/mol. The largest absolute Gasteiger partial charge is 0.491 e. The molecule has 0 saturated heterocycles. The maximum Gasteiger partial charge on any atom is 0.315 e. The van der Waals surface area contributed by atoms with Gasteiger partial charge >= 0.3 is 5.97 Å². The molecule has 1 unspecified atom stereocenters. The lowest BCUT2D eigenvalue weighted by molar-refractivity contribution is -0.149. The Morgan fingerprint density at radius 2 is 2.00 bits per heavy atom. The highest BCUT2D eigenvalue weighted by molar-refractivity contribution is 5.96. The molecule has 1 atom stereocenters. The number of carbonyl (C=O) groups is 2. The molecule has 5 nitrogen and oxygen atoms in total. The number of rotatable bonds is 6. The molecule has 0 radical (unpaired) electrons. The molecule has 1 aromatic rings. The number of carboxylic acid groups (broad SMARTS) is 1. The molecular formula is C14H19NO4. The summed E-state index contributed by atoms with van der Waals surface area (Å²) in [5, 5.41) is 8.76. The molecule has 0 bridgehead atoms. The number of aliphatic carboxylic acids is 1. The monoisotopic (exact) mass is 265 g/mol. The van der Waals surface area contributed by atoms with E-state index in [4.69, 9.17) is 9.84 Å². The standard InChI is InChI=1S/C14H19NO4/c1-10-6-4-5-7-12(10)19-9-8-15(3)13(16)11(2)14(17)18/h4-7,11H,8-9H2,1-3H3,(H,17,18). The third kappa shape index (κ3) is 4.28. The molecule has 1 rings (SSSR count). The van der Waals surface area contributed by atoms with E-state index in [0.29, 0.717) is 13.2 Å². The van der Waals surface area contributed by atoms with Gasteiger partial charge in [-0.25, -0.2) is 0 Å². The number of aryl methyl sites for hydroxylation is 1. The topological polar surface area (TPSA) is 66.8 Å². The van der Waals surface area contributed by atoms with Crippen molar-refractivity contribution < 1.29 is 19.4 Å². The summed E-state index contributed by atoms with van der Waals surface area (Å²) in [7, 11) is 1.57. The molecule has 0 aliphatic rings. The van der Waals surface area contributed by atoms with Crippen LogP contribution in [0.3, 0.4) is 0 Å². The lowest BCUT2D eigenvalue weighted by Crippen LogP contribution is -2.37. The Labute approximate surface area is 112 Å². The highest BCUT2D eigenvalue weighted by Gasteiger charge is 2.23. The second-order valence-electron chi connectivity index (χ2n) is 4.43. The number of ether oxygens (including phenoxy) is 1. The third-order valence-electron chi connectivity index (χ3n) is 2.89. The maximum absolute atomic E-state index is 11.7. The van der Waals surface area contributed by atoms with E-state index in [0.717, 1.165) is 11.3 Å². The van der Waals surface area contributed by atoms with Crippen LogP contribution < -0.4 is 4.74 Å². The zero-order chi connectivity index (χ0) is 14.4. The summed E-state index contributed by atoms with van der Waals surface area (Å²) in [6.45, 7) is 4.00. The van der Waals surface area contributed by atoms with E-state index < -0.39 is 17.8 Å². The molecule has 0 spiro atoms. The number of carboxylic acids is 1. The fraction of sp³-hybridized carbons (Fsp3) is 0.429. The second kappa shape index (κ2) is 6.78. The first-order chi connectivity index (χ1) is 8.93. The van der Waals surface area contributed by atoms with E-state index in [1.807, 2.05) is 31.2 Å². The third-order valence-corrected chi connectivity index (χ3v) is 2.89. The lowest BCUT2D eigenvalue weighted by Gasteiger charge is -2.19. The first-order valence-electron chi connectivity index (χ1n) is 6.09. The van der Waals surface area contributed by atoms with Crippen molar-refractivity contribution in [1.29, 1.82) is 0 Å². The van der Waals surface area contributed by atoms with Crippen molar-refractivity contribution in [2.24, 2.45) is 5.92 Å². The summed E-state index contributed by atoms with van der Waals surface area (Å²) in [6, 6.07) is 7.60. The van der Waals surface area contributed by atoms with Gasteiger partial charge in [0.15, 0.2) is 0 Å². The summed E-state index contributed by atoms with van der Waals surface area (Å²) >= 11 is 0. The van der Waals surface area contributed by atoms with E-state index in [9.17, 15) is 9.59 Å². The van der Waals surface area contributed by atoms with E-state index in [1.165, 1.54) is 11.8 Å². The Bertz CT molecular complexity index is 459. The number of nitrogens with zero attached hydrogens (tertiary/aromatic N) is 1.